The van der Waals surface area contributed by atoms with Crippen molar-refractivity contribution < 1.29 is 28.4 Å². The van der Waals surface area contributed by atoms with E-state index in [1.165, 1.54) is 0 Å². The van der Waals surface area contributed by atoms with Crippen molar-refractivity contribution in [2.75, 3.05) is 77.2 Å². The summed E-state index contributed by atoms with van der Waals surface area (Å²) in [6.07, 6.45) is 0.671. The van der Waals surface area contributed by atoms with Crippen LogP contribution in [-0.4, -0.2) is 85.3 Å². The Balaban J connectivity index is 1.56. The van der Waals surface area contributed by atoms with Gasteiger partial charge in [0, 0.05) is 107 Å². The molecule has 5 rings (SSSR count). The molecule has 2 heterocycles. The van der Waals surface area contributed by atoms with Gasteiger partial charge >= 0.3 is 5.97 Å². The van der Waals surface area contributed by atoms with Crippen LogP contribution in [0, 0.1) is 0 Å². The number of hydrogen-bond acceptors (Lipinski definition) is 9. The number of benzene rings is 3. The Morgan fingerprint density at radius 3 is 2.26 bits per heavy atom. The van der Waals surface area contributed by atoms with Gasteiger partial charge in [0.2, 0.25) is 5.36 Å². The minimum Gasteiger partial charge on any atom is -0.496 e. The van der Waals surface area contributed by atoms with Gasteiger partial charge in [0.25, 0.3) is 11.8 Å². The van der Waals surface area contributed by atoms with Crippen LogP contribution in [0.5, 0.6) is 5.75 Å². The quantitative estimate of drug-likeness (QED) is 0.132. The molecule has 2 aromatic carbocycles. The van der Waals surface area contributed by atoms with Crippen molar-refractivity contribution in [3.63, 3.8) is 0 Å². The summed E-state index contributed by atoms with van der Waals surface area (Å²) in [5.74, 6) is -0.0905. The van der Waals surface area contributed by atoms with Gasteiger partial charge in [-0.05, 0) is 37.6 Å². The molecule has 47 heavy (non-hydrogen) atoms. The van der Waals surface area contributed by atoms with E-state index >= 15 is 0 Å². The third kappa shape index (κ3) is 6.74. The van der Waals surface area contributed by atoms with Crippen LogP contribution in [0.1, 0.15) is 32.6 Å². The first-order valence-corrected chi connectivity index (χ1v) is 15.8. The number of imide groups is 1. The van der Waals surface area contributed by atoms with Gasteiger partial charge in [0.1, 0.15) is 31.2 Å². The van der Waals surface area contributed by atoms with E-state index in [1.807, 2.05) is 42.3 Å². The van der Waals surface area contributed by atoms with Gasteiger partial charge in [0.15, 0.2) is 0 Å². The van der Waals surface area contributed by atoms with E-state index in [0.717, 1.165) is 55.8 Å². The average molecular weight is 643 g/mol. The van der Waals surface area contributed by atoms with Crippen molar-refractivity contribution >= 4 is 45.8 Å². The molecular formula is C36H44N5O6+. The molecule has 1 aliphatic carbocycles. The number of amides is 2. The lowest BCUT2D eigenvalue weighted by molar-refractivity contribution is -0.197. The molecule has 3 aliphatic rings. The van der Waals surface area contributed by atoms with E-state index in [-0.39, 0.29) is 19.3 Å². The van der Waals surface area contributed by atoms with Crippen LogP contribution < -0.4 is 29.4 Å². The maximum Gasteiger partial charge on any atom is 0.333 e. The highest BCUT2D eigenvalue weighted by molar-refractivity contribution is 6.05. The number of anilines is 3. The number of carbonyl (C=O) groups excluding carboxylic acids is 3. The summed E-state index contributed by atoms with van der Waals surface area (Å²) in [4.78, 5) is 47.6. The zero-order chi connectivity index (χ0) is 34.0. The number of ether oxygens (including phenoxy) is 1. The molecule has 0 bridgehead atoms. The van der Waals surface area contributed by atoms with Crippen molar-refractivity contribution in [3.05, 3.63) is 53.9 Å². The summed E-state index contributed by atoms with van der Waals surface area (Å²) in [6, 6.07) is 16.7. The second kappa shape index (κ2) is 13.7. The molecule has 2 amide bonds. The molecule has 0 atom stereocenters. The van der Waals surface area contributed by atoms with Crippen LogP contribution in [0.15, 0.2) is 52.9 Å². The highest BCUT2D eigenvalue weighted by atomic mass is 16.7. The first-order valence-electron chi connectivity index (χ1n) is 15.8. The smallest absolute Gasteiger partial charge is 0.333 e. The summed E-state index contributed by atoms with van der Waals surface area (Å²) >= 11 is 0. The van der Waals surface area contributed by atoms with E-state index in [0.29, 0.717) is 30.3 Å². The molecule has 2 aromatic rings. The lowest BCUT2D eigenvalue weighted by atomic mass is 9.92. The number of nitrogens with zero attached hydrogens (tertiary/aromatic N) is 5. The molecule has 0 radical (unpaired) electrons. The molecular weight excluding hydrogens is 598 g/mol. The van der Waals surface area contributed by atoms with E-state index in [2.05, 4.69) is 74.7 Å². The Morgan fingerprint density at radius 2 is 1.64 bits per heavy atom. The first kappa shape index (κ1) is 33.3. The minimum absolute atomic E-state index is 0.0649. The third-order valence-electron chi connectivity index (χ3n) is 8.50. The van der Waals surface area contributed by atoms with Crippen LogP contribution >= 0.6 is 0 Å². The summed E-state index contributed by atoms with van der Waals surface area (Å²) in [5, 5.41) is 2.60. The Hall–Kier alpha value is -5.06. The molecule has 0 N–H and O–H groups in total. The molecule has 1 saturated heterocycles. The maximum absolute atomic E-state index is 12.5. The van der Waals surface area contributed by atoms with Gasteiger partial charge < -0.3 is 28.7 Å². The van der Waals surface area contributed by atoms with Crippen LogP contribution in [0.3, 0.4) is 0 Å². The van der Waals surface area contributed by atoms with Crippen molar-refractivity contribution in [2.45, 2.75) is 32.6 Å². The number of carbonyl (C=O) groups is 3. The van der Waals surface area contributed by atoms with Crippen LogP contribution in [-0.2, 0) is 19.2 Å². The summed E-state index contributed by atoms with van der Waals surface area (Å²) < 4.78 is 14.7. The average Bonchev–Trinajstić information content (AvgIpc) is 3.36. The van der Waals surface area contributed by atoms with E-state index in [4.69, 9.17) is 14.0 Å². The number of rotatable bonds is 11. The van der Waals surface area contributed by atoms with Crippen molar-refractivity contribution in [1.29, 1.82) is 0 Å². The first-order chi connectivity index (χ1) is 22.4. The normalized spacial score (nSPS) is 13.0. The summed E-state index contributed by atoms with van der Waals surface area (Å²) in [7, 11) is 13.7. The van der Waals surface area contributed by atoms with Gasteiger partial charge in [-0.1, -0.05) is 0 Å². The van der Waals surface area contributed by atoms with Gasteiger partial charge in [-0.3, -0.25) is 9.59 Å². The second-order valence-electron chi connectivity index (χ2n) is 12.3. The molecule has 0 saturated carbocycles. The highest BCUT2D eigenvalue weighted by Crippen LogP contribution is 2.47. The number of methoxy groups -OCH3 is 1. The van der Waals surface area contributed by atoms with E-state index in [9.17, 15) is 14.4 Å². The summed E-state index contributed by atoms with van der Waals surface area (Å²) in [5.41, 5.74) is 6.66. The molecule has 2 aliphatic heterocycles. The SMILES string of the molecule is CCN(CCCC(=O)ON1C(=O)CCC1=O)c1cc(OC)c(-c2c3ccc(=[N+](C)C)cc-3oc3cc(N(C)C)ccc23)cc1N(C)C. The zero-order valence-corrected chi connectivity index (χ0v) is 28.5. The highest BCUT2D eigenvalue weighted by Gasteiger charge is 2.33. The Kier molecular flexibility index (Phi) is 9.74. The molecule has 11 nitrogen and oxygen atoms in total. The van der Waals surface area contributed by atoms with Crippen molar-refractivity contribution in [1.82, 2.24) is 9.64 Å². The Morgan fingerprint density at radius 1 is 0.915 bits per heavy atom. The fourth-order valence-electron chi connectivity index (χ4n) is 5.92. The standard InChI is InChI=1S/C36H44N5O6/c1-9-40(18-10-11-35(44)47-41-33(42)16-17-34(41)43)29-22-30(45-8)27(21-28(29)39(6)7)36-25-14-12-23(37(2)3)19-31(25)46-32-20-24(38(4)5)13-15-26(32)36/h12-15,19-22H,9-11,16-18H2,1-8H3/q+1. The van der Waals surface area contributed by atoms with Gasteiger partial charge in [-0.15, -0.1) is 5.06 Å². The molecule has 0 spiro atoms. The fourth-order valence-corrected chi connectivity index (χ4v) is 5.92. The van der Waals surface area contributed by atoms with Crippen LogP contribution in [0.25, 0.3) is 33.4 Å². The summed E-state index contributed by atoms with van der Waals surface area (Å²) in [6.45, 7) is 3.29. The molecule has 11 heteroatoms. The molecule has 1 fully saturated rings. The van der Waals surface area contributed by atoms with Crippen LogP contribution in [0.4, 0.5) is 17.1 Å². The van der Waals surface area contributed by atoms with Crippen molar-refractivity contribution in [3.8, 4) is 28.2 Å². The van der Waals surface area contributed by atoms with Gasteiger partial charge in [-0.2, -0.15) is 0 Å². The lowest BCUT2D eigenvalue weighted by Crippen LogP contribution is -2.32. The maximum atomic E-state index is 12.5. The predicted octanol–water partition coefficient (Wildman–Crippen LogP) is 4.59. The predicted molar refractivity (Wildman–Crippen MR) is 185 cm³/mol. The Labute approximate surface area is 275 Å². The monoisotopic (exact) mass is 642 g/mol. The third-order valence-corrected chi connectivity index (χ3v) is 8.50. The van der Waals surface area contributed by atoms with Gasteiger partial charge in [-0.25, -0.2) is 9.37 Å². The number of hydroxylamine groups is 2. The minimum atomic E-state index is -0.603. The van der Waals surface area contributed by atoms with Gasteiger partial charge in [0.05, 0.1) is 24.6 Å². The fraction of sp³-hybridized carbons (Fsp3) is 0.389. The zero-order valence-electron chi connectivity index (χ0n) is 28.5. The molecule has 0 aromatic heterocycles. The van der Waals surface area contributed by atoms with E-state index < -0.39 is 17.8 Å². The molecule has 0 unspecified atom stereocenters. The largest absolute Gasteiger partial charge is 0.496 e. The number of hydrogen-bond donors (Lipinski definition) is 0. The Bertz CT molecular complexity index is 1860. The number of fused-ring (bicyclic) bond motifs is 2. The molecule has 248 valence electrons. The van der Waals surface area contributed by atoms with Crippen molar-refractivity contribution in [2.24, 2.45) is 0 Å². The second-order valence-corrected chi connectivity index (χ2v) is 12.3. The lowest BCUT2D eigenvalue weighted by Gasteiger charge is -2.30. The van der Waals surface area contributed by atoms with Crippen LogP contribution in [0.2, 0.25) is 0 Å². The topological polar surface area (TPSA) is 98.8 Å². The van der Waals surface area contributed by atoms with E-state index in [1.54, 1.807) is 7.11 Å².